The van der Waals surface area contributed by atoms with Crippen LogP contribution in [0.25, 0.3) is 0 Å². The van der Waals surface area contributed by atoms with Gasteiger partial charge in [-0.25, -0.2) is 9.97 Å². The van der Waals surface area contributed by atoms with E-state index in [0.29, 0.717) is 11.1 Å². The van der Waals surface area contributed by atoms with Crippen LogP contribution in [0.2, 0.25) is 5.15 Å². The van der Waals surface area contributed by atoms with Crippen molar-refractivity contribution < 1.29 is 4.79 Å². The van der Waals surface area contributed by atoms with Crippen LogP contribution in [0.15, 0.2) is 0 Å². The number of nitrogens with one attached hydrogen (secondary N) is 1. The molecule has 0 radical (unpaired) electrons. The van der Waals surface area contributed by atoms with E-state index in [1.54, 1.807) is 6.92 Å². The van der Waals surface area contributed by atoms with E-state index in [2.05, 4.69) is 20.2 Å². The molecule has 1 aromatic heterocycles. The van der Waals surface area contributed by atoms with Gasteiger partial charge >= 0.3 is 0 Å². The SMILES string of the molecule is CCc1nc(Cl)c(C)c(N2CCC(CNC(C)=O)CC2)n1. The Labute approximate surface area is 131 Å². The van der Waals surface area contributed by atoms with E-state index in [1.807, 2.05) is 13.8 Å². The molecule has 0 saturated carbocycles. The number of aromatic nitrogens is 2. The maximum atomic E-state index is 11.0. The standard InChI is InChI=1S/C15H23ClN4O/c1-4-13-18-14(16)10(2)15(19-13)20-7-5-12(6-8-20)9-17-11(3)21/h12H,4-9H2,1-3H3,(H,17,21). The quantitative estimate of drug-likeness (QED) is 0.867. The molecule has 2 rings (SSSR count). The molecule has 1 amide bonds. The van der Waals surface area contributed by atoms with E-state index in [-0.39, 0.29) is 5.91 Å². The summed E-state index contributed by atoms with van der Waals surface area (Å²) in [6.45, 7) is 8.23. The van der Waals surface area contributed by atoms with Crippen LogP contribution in [-0.2, 0) is 11.2 Å². The largest absolute Gasteiger partial charge is 0.356 e. The molecule has 2 heterocycles. The molecule has 0 bridgehead atoms. The van der Waals surface area contributed by atoms with Gasteiger partial charge in [0.15, 0.2) is 0 Å². The Bertz CT molecular complexity index is 513. The third kappa shape index (κ3) is 4.06. The van der Waals surface area contributed by atoms with Gasteiger partial charge in [0.25, 0.3) is 0 Å². The normalized spacial score (nSPS) is 16.1. The summed E-state index contributed by atoms with van der Waals surface area (Å²) in [5.74, 6) is 2.35. The number of rotatable bonds is 4. The molecule has 1 saturated heterocycles. The van der Waals surface area contributed by atoms with E-state index >= 15 is 0 Å². The van der Waals surface area contributed by atoms with Gasteiger partial charge in [-0.1, -0.05) is 18.5 Å². The van der Waals surface area contributed by atoms with E-state index in [9.17, 15) is 4.79 Å². The third-order valence-corrected chi connectivity index (χ3v) is 4.34. The highest BCUT2D eigenvalue weighted by atomic mass is 35.5. The fourth-order valence-corrected chi connectivity index (χ4v) is 2.81. The molecule has 0 aromatic carbocycles. The molecule has 1 aliphatic heterocycles. The van der Waals surface area contributed by atoms with Crippen LogP contribution in [0.4, 0.5) is 5.82 Å². The number of piperidine rings is 1. The average molecular weight is 311 g/mol. The van der Waals surface area contributed by atoms with E-state index in [0.717, 1.165) is 56.1 Å². The smallest absolute Gasteiger partial charge is 0.216 e. The number of anilines is 1. The number of carbonyl (C=O) groups is 1. The van der Waals surface area contributed by atoms with Crippen LogP contribution in [0, 0.1) is 12.8 Å². The number of halogens is 1. The summed E-state index contributed by atoms with van der Waals surface area (Å²) in [7, 11) is 0. The van der Waals surface area contributed by atoms with Gasteiger partial charge in [0.2, 0.25) is 5.91 Å². The molecule has 1 fully saturated rings. The van der Waals surface area contributed by atoms with Gasteiger partial charge < -0.3 is 10.2 Å². The number of hydrogen-bond donors (Lipinski definition) is 1. The zero-order chi connectivity index (χ0) is 15.4. The van der Waals surface area contributed by atoms with Gasteiger partial charge in [-0.2, -0.15) is 0 Å². The molecule has 1 N–H and O–H groups in total. The Balaban J connectivity index is 2.02. The highest BCUT2D eigenvalue weighted by molar-refractivity contribution is 6.30. The molecular weight excluding hydrogens is 288 g/mol. The highest BCUT2D eigenvalue weighted by Gasteiger charge is 2.22. The Kier molecular flexibility index (Phi) is 5.39. The molecule has 1 aliphatic rings. The van der Waals surface area contributed by atoms with Crippen molar-refractivity contribution in [1.82, 2.24) is 15.3 Å². The average Bonchev–Trinajstić information content (AvgIpc) is 2.48. The van der Waals surface area contributed by atoms with Crippen LogP contribution < -0.4 is 10.2 Å². The summed E-state index contributed by atoms with van der Waals surface area (Å²) in [5.41, 5.74) is 0.953. The lowest BCUT2D eigenvalue weighted by atomic mass is 9.96. The maximum Gasteiger partial charge on any atom is 0.216 e. The predicted octanol–water partition coefficient (Wildman–Crippen LogP) is 2.35. The predicted molar refractivity (Wildman–Crippen MR) is 84.8 cm³/mol. The van der Waals surface area contributed by atoms with Crippen molar-refractivity contribution in [1.29, 1.82) is 0 Å². The zero-order valence-corrected chi connectivity index (χ0v) is 13.7. The first-order valence-electron chi connectivity index (χ1n) is 7.53. The molecule has 0 unspecified atom stereocenters. The maximum absolute atomic E-state index is 11.0. The Morgan fingerprint density at radius 2 is 2.05 bits per heavy atom. The van der Waals surface area contributed by atoms with Crippen LogP contribution in [0.3, 0.4) is 0 Å². The van der Waals surface area contributed by atoms with Crippen LogP contribution >= 0.6 is 11.6 Å². The second kappa shape index (κ2) is 7.07. The monoisotopic (exact) mass is 310 g/mol. The fourth-order valence-electron chi connectivity index (χ4n) is 2.62. The number of amides is 1. The molecule has 6 heteroatoms. The van der Waals surface area contributed by atoms with Crippen molar-refractivity contribution in [2.24, 2.45) is 5.92 Å². The lowest BCUT2D eigenvalue weighted by Gasteiger charge is -2.33. The lowest BCUT2D eigenvalue weighted by molar-refractivity contribution is -0.119. The second-order valence-electron chi connectivity index (χ2n) is 5.60. The first-order valence-corrected chi connectivity index (χ1v) is 7.91. The molecular formula is C15H23ClN4O. The summed E-state index contributed by atoms with van der Waals surface area (Å²) in [5, 5.41) is 3.46. The lowest BCUT2D eigenvalue weighted by Crippen LogP contribution is -2.39. The van der Waals surface area contributed by atoms with Gasteiger partial charge in [0, 0.05) is 38.5 Å². The summed E-state index contributed by atoms with van der Waals surface area (Å²) in [6, 6.07) is 0. The summed E-state index contributed by atoms with van der Waals surface area (Å²) < 4.78 is 0. The summed E-state index contributed by atoms with van der Waals surface area (Å²) in [6.07, 6.45) is 2.90. The van der Waals surface area contributed by atoms with Crippen molar-refractivity contribution in [3.63, 3.8) is 0 Å². The molecule has 0 aliphatic carbocycles. The first kappa shape index (κ1) is 16.0. The van der Waals surface area contributed by atoms with E-state index in [4.69, 9.17) is 11.6 Å². The fraction of sp³-hybridized carbons (Fsp3) is 0.667. The van der Waals surface area contributed by atoms with Gasteiger partial charge in [0.05, 0.1) is 0 Å². The minimum atomic E-state index is 0.0449. The molecule has 116 valence electrons. The molecule has 1 aromatic rings. The minimum Gasteiger partial charge on any atom is -0.356 e. The molecule has 0 spiro atoms. The molecule has 5 nitrogen and oxygen atoms in total. The Hall–Kier alpha value is -1.36. The number of nitrogens with zero attached hydrogens (tertiary/aromatic N) is 3. The Morgan fingerprint density at radius 3 is 2.62 bits per heavy atom. The minimum absolute atomic E-state index is 0.0449. The Morgan fingerprint density at radius 1 is 1.38 bits per heavy atom. The summed E-state index contributed by atoms with van der Waals surface area (Å²) >= 11 is 6.20. The van der Waals surface area contributed by atoms with Crippen molar-refractivity contribution in [2.75, 3.05) is 24.5 Å². The van der Waals surface area contributed by atoms with Gasteiger partial charge in [-0.3, -0.25) is 4.79 Å². The highest BCUT2D eigenvalue weighted by Crippen LogP contribution is 2.27. The number of hydrogen-bond acceptors (Lipinski definition) is 4. The van der Waals surface area contributed by atoms with E-state index in [1.165, 1.54) is 0 Å². The molecule has 21 heavy (non-hydrogen) atoms. The zero-order valence-electron chi connectivity index (χ0n) is 12.9. The second-order valence-corrected chi connectivity index (χ2v) is 5.96. The van der Waals surface area contributed by atoms with E-state index < -0.39 is 0 Å². The van der Waals surface area contributed by atoms with Crippen LogP contribution in [0.1, 0.15) is 38.1 Å². The number of aryl methyl sites for hydroxylation is 1. The van der Waals surface area contributed by atoms with Crippen molar-refractivity contribution >= 4 is 23.3 Å². The molecule has 0 atom stereocenters. The van der Waals surface area contributed by atoms with Crippen molar-refractivity contribution in [3.8, 4) is 0 Å². The van der Waals surface area contributed by atoms with Gasteiger partial charge in [0.1, 0.15) is 16.8 Å². The van der Waals surface area contributed by atoms with Crippen LogP contribution in [0.5, 0.6) is 0 Å². The third-order valence-electron chi connectivity index (χ3n) is 3.98. The van der Waals surface area contributed by atoms with Crippen LogP contribution in [-0.4, -0.2) is 35.5 Å². The first-order chi connectivity index (χ1) is 10.0. The number of carbonyl (C=O) groups excluding carboxylic acids is 1. The summed E-state index contributed by atoms with van der Waals surface area (Å²) in [4.78, 5) is 22.2. The van der Waals surface area contributed by atoms with Gasteiger partial charge in [-0.05, 0) is 25.7 Å². The van der Waals surface area contributed by atoms with Gasteiger partial charge in [-0.15, -0.1) is 0 Å². The topological polar surface area (TPSA) is 58.1 Å². The van der Waals surface area contributed by atoms with Crippen molar-refractivity contribution in [3.05, 3.63) is 16.5 Å². The van der Waals surface area contributed by atoms with Crippen molar-refractivity contribution in [2.45, 2.75) is 40.0 Å².